The Kier molecular flexibility index (Phi) is 3.72. The molecule has 1 spiro atoms. The standard InChI is InChI=1S/C19H31N3O2/c1-12(2)20-16(23)10-22(3)11-17(24)21-19-8-14-4-13-5-15(9-19)18(19,6-13)7-14/h12-15H,4-11H2,1-3H3,(H,20,23)(H,21,24). The molecule has 0 saturated heterocycles. The van der Waals surface area contributed by atoms with Crippen LogP contribution in [0.3, 0.4) is 0 Å². The van der Waals surface area contributed by atoms with E-state index in [1.165, 1.54) is 38.5 Å². The molecule has 0 aromatic heterocycles. The second-order valence-corrected chi connectivity index (χ2v) is 9.40. The van der Waals surface area contributed by atoms with Crippen molar-refractivity contribution in [2.24, 2.45) is 23.2 Å². The number of amides is 2. The average Bonchev–Trinajstić information content (AvgIpc) is 2.73. The van der Waals surface area contributed by atoms with Crippen molar-refractivity contribution in [3.05, 3.63) is 0 Å². The zero-order valence-corrected chi connectivity index (χ0v) is 15.2. The van der Waals surface area contributed by atoms with Gasteiger partial charge >= 0.3 is 0 Å². The Bertz CT molecular complexity index is 557. The molecule has 2 N–H and O–H groups in total. The van der Waals surface area contributed by atoms with Crippen LogP contribution in [0.15, 0.2) is 0 Å². The van der Waals surface area contributed by atoms with Gasteiger partial charge in [-0.15, -0.1) is 0 Å². The summed E-state index contributed by atoms with van der Waals surface area (Å²) in [5, 5.41) is 6.32. The molecular weight excluding hydrogens is 302 g/mol. The molecule has 5 nitrogen and oxygen atoms in total. The highest BCUT2D eigenvalue weighted by Crippen LogP contribution is 2.77. The van der Waals surface area contributed by atoms with E-state index in [2.05, 4.69) is 10.6 Å². The molecule has 2 amide bonds. The van der Waals surface area contributed by atoms with Gasteiger partial charge in [0.1, 0.15) is 0 Å². The first-order valence-electron chi connectivity index (χ1n) is 9.61. The molecule has 0 aromatic carbocycles. The second kappa shape index (κ2) is 5.45. The van der Waals surface area contributed by atoms with E-state index in [0.717, 1.165) is 17.8 Å². The number of rotatable bonds is 6. The fourth-order valence-electron chi connectivity index (χ4n) is 6.83. The second-order valence-electron chi connectivity index (χ2n) is 9.40. The van der Waals surface area contributed by atoms with Gasteiger partial charge in [0.2, 0.25) is 11.8 Å². The average molecular weight is 333 g/mol. The predicted molar refractivity (Wildman–Crippen MR) is 92.3 cm³/mol. The van der Waals surface area contributed by atoms with Gasteiger partial charge in [0.15, 0.2) is 0 Å². The lowest BCUT2D eigenvalue weighted by Gasteiger charge is -2.59. The number of likely N-dealkylation sites (N-methyl/N-ethyl adjacent to an activating group) is 1. The molecule has 5 unspecified atom stereocenters. The molecule has 24 heavy (non-hydrogen) atoms. The molecule has 4 saturated carbocycles. The Labute approximate surface area is 144 Å². The summed E-state index contributed by atoms with van der Waals surface area (Å²) in [7, 11) is 1.84. The SMILES string of the molecule is CC(C)NC(=O)CN(C)CC(=O)NC12CC3CC4CC(C1)C2(C4)C3. The Hall–Kier alpha value is -1.10. The summed E-state index contributed by atoms with van der Waals surface area (Å²) in [4.78, 5) is 26.3. The predicted octanol–water partition coefficient (Wildman–Crippen LogP) is 1.53. The number of fused-ring (bicyclic) bond motifs is 2. The Balaban J connectivity index is 1.33. The van der Waals surface area contributed by atoms with E-state index in [0.29, 0.717) is 12.0 Å². The first-order valence-corrected chi connectivity index (χ1v) is 9.61. The van der Waals surface area contributed by atoms with Crippen molar-refractivity contribution in [3.8, 4) is 0 Å². The van der Waals surface area contributed by atoms with Gasteiger partial charge in [-0.3, -0.25) is 14.5 Å². The number of hydrogen-bond donors (Lipinski definition) is 2. The van der Waals surface area contributed by atoms with Gasteiger partial charge in [-0.2, -0.15) is 0 Å². The van der Waals surface area contributed by atoms with Gasteiger partial charge in [0.25, 0.3) is 0 Å². The Morgan fingerprint density at radius 3 is 2.50 bits per heavy atom. The highest BCUT2D eigenvalue weighted by Gasteiger charge is 2.74. The Morgan fingerprint density at radius 2 is 1.75 bits per heavy atom. The maximum absolute atomic E-state index is 12.6. The molecule has 4 rings (SSSR count). The summed E-state index contributed by atoms with van der Waals surface area (Å²) in [6.07, 6.45) is 7.89. The van der Waals surface area contributed by atoms with Crippen LogP contribution >= 0.6 is 0 Å². The maximum Gasteiger partial charge on any atom is 0.234 e. The molecular formula is C19H31N3O2. The van der Waals surface area contributed by atoms with Crippen LogP contribution in [0.5, 0.6) is 0 Å². The summed E-state index contributed by atoms with van der Waals surface area (Å²) in [6, 6.07) is 0.137. The quantitative estimate of drug-likeness (QED) is 0.775. The lowest BCUT2D eigenvalue weighted by atomic mass is 9.51. The number of nitrogens with one attached hydrogen (secondary N) is 2. The summed E-state index contributed by atoms with van der Waals surface area (Å²) < 4.78 is 0. The Morgan fingerprint density at radius 1 is 1.04 bits per heavy atom. The summed E-state index contributed by atoms with van der Waals surface area (Å²) in [5.41, 5.74) is 0.523. The van der Waals surface area contributed by atoms with Gasteiger partial charge in [0.05, 0.1) is 13.1 Å². The molecule has 4 aliphatic carbocycles. The molecule has 0 heterocycles. The largest absolute Gasteiger partial charge is 0.353 e. The van der Waals surface area contributed by atoms with Gasteiger partial charge < -0.3 is 10.6 Å². The van der Waals surface area contributed by atoms with Crippen LogP contribution < -0.4 is 10.6 Å². The van der Waals surface area contributed by atoms with Gasteiger partial charge in [-0.25, -0.2) is 0 Å². The van der Waals surface area contributed by atoms with Gasteiger partial charge in [-0.05, 0) is 82.6 Å². The zero-order chi connectivity index (χ0) is 17.1. The van der Waals surface area contributed by atoms with E-state index in [4.69, 9.17) is 0 Å². The van der Waals surface area contributed by atoms with Crippen molar-refractivity contribution >= 4 is 11.8 Å². The maximum atomic E-state index is 12.6. The smallest absolute Gasteiger partial charge is 0.234 e. The normalized spacial score (nSPS) is 41.5. The lowest BCUT2D eigenvalue weighted by molar-refractivity contribution is -0.133. The van der Waals surface area contributed by atoms with E-state index in [1.807, 2.05) is 25.8 Å². The van der Waals surface area contributed by atoms with Crippen LogP contribution in [0.25, 0.3) is 0 Å². The van der Waals surface area contributed by atoms with E-state index in [-0.39, 0.29) is 29.9 Å². The van der Waals surface area contributed by atoms with E-state index >= 15 is 0 Å². The molecule has 5 atom stereocenters. The highest BCUT2D eigenvalue weighted by molar-refractivity contribution is 5.82. The van der Waals surface area contributed by atoms with Crippen LogP contribution in [0, 0.1) is 23.2 Å². The number of carbonyl (C=O) groups excluding carboxylic acids is 2. The van der Waals surface area contributed by atoms with Crippen molar-refractivity contribution in [3.63, 3.8) is 0 Å². The van der Waals surface area contributed by atoms with Crippen molar-refractivity contribution in [2.45, 2.75) is 64.0 Å². The van der Waals surface area contributed by atoms with Crippen molar-refractivity contribution in [2.75, 3.05) is 20.1 Å². The molecule has 5 heteroatoms. The van der Waals surface area contributed by atoms with Crippen LogP contribution in [-0.2, 0) is 9.59 Å². The minimum Gasteiger partial charge on any atom is -0.353 e. The first kappa shape index (κ1) is 16.4. The van der Waals surface area contributed by atoms with Crippen LogP contribution in [0.2, 0.25) is 0 Å². The number of nitrogens with zero attached hydrogens (tertiary/aromatic N) is 1. The molecule has 4 aliphatic rings. The molecule has 0 radical (unpaired) electrons. The van der Waals surface area contributed by atoms with Crippen molar-refractivity contribution < 1.29 is 9.59 Å². The third kappa shape index (κ3) is 2.39. The number of hydrogen-bond acceptors (Lipinski definition) is 3. The summed E-state index contributed by atoms with van der Waals surface area (Å²) in [6.45, 7) is 4.48. The fourth-order valence-corrected chi connectivity index (χ4v) is 6.83. The van der Waals surface area contributed by atoms with Crippen LogP contribution in [0.4, 0.5) is 0 Å². The summed E-state index contributed by atoms with van der Waals surface area (Å²) in [5.74, 6) is 2.71. The molecule has 0 aliphatic heterocycles. The fraction of sp³-hybridized carbons (Fsp3) is 0.895. The van der Waals surface area contributed by atoms with E-state index in [1.54, 1.807) is 0 Å². The third-order valence-corrected chi connectivity index (χ3v) is 7.21. The third-order valence-electron chi connectivity index (χ3n) is 7.21. The first-order chi connectivity index (χ1) is 11.3. The van der Waals surface area contributed by atoms with Gasteiger partial charge in [0, 0.05) is 11.6 Å². The van der Waals surface area contributed by atoms with Crippen molar-refractivity contribution in [1.82, 2.24) is 15.5 Å². The van der Waals surface area contributed by atoms with Crippen LogP contribution in [-0.4, -0.2) is 48.4 Å². The minimum absolute atomic E-state index is 0.0175. The molecule has 0 aromatic rings. The molecule has 3 bridgehead atoms. The van der Waals surface area contributed by atoms with E-state index in [9.17, 15) is 9.59 Å². The van der Waals surface area contributed by atoms with Crippen LogP contribution in [0.1, 0.15) is 52.4 Å². The lowest BCUT2D eigenvalue weighted by Crippen LogP contribution is -2.68. The topological polar surface area (TPSA) is 61.4 Å². The highest BCUT2D eigenvalue weighted by atomic mass is 16.2. The van der Waals surface area contributed by atoms with Gasteiger partial charge in [-0.1, -0.05) is 0 Å². The molecule has 134 valence electrons. The zero-order valence-electron chi connectivity index (χ0n) is 15.2. The molecule has 4 fully saturated rings. The summed E-state index contributed by atoms with van der Waals surface area (Å²) >= 11 is 0. The van der Waals surface area contributed by atoms with Crippen molar-refractivity contribution in [1.29, 1.82) is 0 Å². The number of carbonyl (C=O) groups is 2. The van der Waals surface area contributed by atoms with E-state index < -0.39 is 0 Å². The minimum atomic E-state index is -0.0175. The monoisotopic (exact) mass is 333 g/mol.